The Kier molecular flexibility index (Phi) is 4.30. The van der Waals surface area contributed by atoms with Crippen LogP contribution in [0.3, 0.4) is 0 Å². The third kappa shape index (κ3) is 2.96. The third-order valence-electron chi connectivity index (χ3n) is 1.99. The van der Waals surface area contributed by atoms with Crippen molar-refractivity contribution in [2.24, 2.45) is 10.9 Å². The lowest BCUT2D eigenvalue weighted by molar-refractivity contribution is 0.0958. The van der Waals surface area contributed by atoms with E-state index in [0.29, 0.717) is 5.56 Å². The molecule has 0 heterocycles. The Labute approximate surface area is 101 Å². The Morgan fingerprint density at radius 3 is 2.94 bits per heavy atom. The van der Waals surface area contributed by atoms with Gasteiger partial charge in [0.15, 0.2) is 5.84 Å². The fourth-order valence-corrected chi connectivity index (χ4v) is 1.57. The van der Waals surface area contributed by atoms with Gasteiger partial charge in [-0.1, -0.05) is 17.3 Å². The number of hydrogen-bond donors (Lipinski definition) is 3. The van der Waals surface area contributed by atoms with Crippen molar-refractivity contribution in [2.45, 2.75) is 6.92 Å². The number of amides is 1. The van der Waals surface area contributed by atoms with E-state index in [1.165, 1.54) is 0 Å². The normalized spacial score (nSPS) is 11.2. The second-order valence-electron chi connectivity index (χ2n) is 3.21. The molecule has 86 valence electrons. The zero-order chi connectivity index (χ0) is 12.1. The van der Waals surface area contributed by atoms with Gasteiger partial charge in [-0.2, -0.15) is 0 Å². The van der Waals surface area contributed by atoms with Gasteiger partial charge in [0.25, 0.3) is 5.91 Å². The van der Waals surface area contributed by atoms with E-state index in [2.05, 4.69) is 26.4 Å². The molecular weight excluding hydrogens is 274 g/mol. The molecule has 0 aromatic heterocycles. The van der Waals surface area contributed by atoms with E-state index < -0.39 is 0 Å². The minimum absolute atomic E-state index is 0.00964. The molecule has 1 rings (SSSR count). The molecular formula is C10H12BrN3O2. The minimum Gasteiger partial charge on any atom is -0.409 e. The van der Waals surface area contributed by atoms with Gasteiger partial charge in [-0.3, -0.25) is 4.79 Å². The van der Waals surface area contributed by atoms with Crippen molar-refractivity contribution in [2.75, 3.05) is 6.54 Å². The highest BCUT2D eigenvalue weighted by Gasteiger charge is 2.10. The molecule has 5 nitrogen and oxygen atoms in total. The Morgan fingerprint density at radius 2 is 2.31 bits per heavy atom. The smallest absolute Gasteiger partial charge is 0.252 e. The largest absolute Gasteiger partial charge is 0.409 e. The molecule has 6 heteroatoms. The van der Waals surface area contributed by atoms with E-state index in [0.717, 1.165) is 10.0 Å². The molecule has 0 saturated carbocycles. The lowest BCUT2D eigenvalue weighted by atomic mass is 10.1. The number of carbonyl (C=O) groups is 1. The molecule has 0 saturated heterocycles. The van der Waals surface area contributed by atoms with E-state index in [9.17, 15) is 4.79 Å². The molecule has 0 aliphatic rings. The first-order valence-electron chi connectivity index (χ1n) is 4.56. The molecule has 16 heavy (non-hydrogen) atoms. The molecule has 1 amide bonds. The molecule has 0 bridgehead atoms. The fraction of sp³-hybridized carbons (Fsp3) is 0.200. The third-order valence-corrected chi connectivity index (χ3v) is 3.05. The molecule has 1 aromatic carbocycles. The Balaban J connectivity index is 2.78. The van der Waals surface area contributed by atoms with Crippen LogP contribution in [0.4, 0.5) is 0 Å². The van der Waals surface area contributed by atoms with Crippen molar-refractivity contribution in [3.63, 3.8) is 0 Å². The van der Waals surface area contributed by atoms with Gasteiger partial charge in [0.2, 0.25) is 0 Å². The summed E-state index contributed by atoms with van der Waals surface area (Å²) in [7, 11) is 0. The van der Waals surface area contributed by atoms with Crippen molar-refractivity contribution in [3.8, 4) is 0 Å². The van der Waals surface area contributed by atoms with Crippen molar-refractivity contribution < 1.29 is 10.0 Å². The first-order valence-corrected chi connectivity index (χ1v) is 5.35. The van der Waals surface area contributed by atoms with Crippen molar-refractivity contribution in [1.29, 1.82) is 0 Å². The lowest BCUT2D eigenvalue weighted by Crippen LogP contribution is -2.33. The summed E-state index contributed by atoms with van der Waals surface area (Å²) < 4.78 is 0.743. The monoisotopic (exact) mass is 285 g/mol. The van der Waals surface area contributed by atoms with Gasteiger partial charge in [0.1, 0.15) is 0 Å². The first kappa shape index (κ1) is 12.5. The Bertz CT molecular complexity index is 432. The highest BCUT2D eigenvalue weighted by molar-refractivity contribution is 9.10. The molecule has 4 N–H and O–H groups in total. The lowest BCUT2D eigenvalue weighted by Gasteiger charge is -2.07. The van der Waals surface area contributed by atoms with Crippen LogP contribution in [0.5, 0.6) is 0 Å². The van der Waals surface area contributed by atoms with Gasteiger partial charge in [-0.25, -0.2) is 0 Å². The number of amidine groups is 1. The highest BCUT2D eigenvalue weighted by atomic mass is 79.9. The molecule has 1 aromatic rings. The Hall–Kier alpha value is -1.56. The maximum Gasteiger partial charge on any atom is 0.252 e. The number of halogens is 1. The summed E-state index contributed by atoms with van der Waals surface area (Å²) >= 11 is 3.33. The maximum absolute atomic E-state index is 11.7. The van der Waals surface area contributed by atoms with Gasteiger partial charge in [0, 0.05) is 4.47 Å². The van der Waals surface area contributed by atoms with Gasteiger partial charge in [-0.15, -0.1) is 0 Å². The predicted octanol–water partition coefficient (Wildman–Crippen LogP) is 1.23. The number of hydrogen-bond acceptors (Lipinski definition) is 3. The summed E-state index contributed by atoms with van der Waals surface area (Å²) in [4.78, 5) is 11.7. The molecule has 0 aliphatic heterocycles. The summed E-state index contributed by atoms with van der Waals surface area (Å²) in [5.74, 6) is -0.320. The topological polar surface area (TPSA) is 87.7 Å². The summed E-state index contributed by atoms with van der Waals surface area (Å²) in [6.45, 7) is 1.90. The van der Waals surface area contributed by atoms with Crippen molar-refractivity contribution in [3.05, 3.63) is 33.8 Å². The van der Waals surface area contributed by atoms with Crippen LogP contribution < -0.4 is 11.1 Å². The second-order valence-corrected chi connectivity index (χ2v) is 4.00. The summed E-state index contributed by atoms with van der Waals surface area (Å²) in [6, 6.07) is 5.38. The number of benzene rings is 1. The average molecular weight is 286 g/mol. The van der Waals surface area contributed by atoms with E-state index in [1.54, 1.807) is 12.1 Å². The standard InChI is InChI=1S/C10H12BrN3O2/c1-6-3-2-4-7(9(6)11)10(15)13-5-8(12)14-16/h2-4,16H,5H2,1H3,(H2,12,14)(H,13,15). The van der Waals surface area contributed by atoms with E-state index in [1.807, 2.05) is 13.0 Å². The second kappa shape index (κ2) is 5.50. The highest BCUT2D eigenvalue weighted by Crippen LogP contribution is 2.20. The minimum atomic E-state index is -0.276. The summed E-state index contributed by atoms with van der Waals surface area (Å²) in [5.41, 5.74) is 6.73. The molecule has 0 fully saturated rings. The number of oxime groups is 1. The van der Waals surface area contributed by atoms with Crippen LogP contribution in [-0.2, 0) is 0 Å². The SMILES string of the molecule is Cc1cccc(C(=O)NC/C(N)=N/O)c1Br. The van der Waals surface area contributed by atoms with Crippen LogP contribution in [0, 0.1) is 6.92 Å². The van der Waals surface area contributed by atoms with Crippen LogP contribution in [0.25, 0.3) is 0 Å². The number of nitrogens with two attached hydrogens (primary N) is 1. The van der Waals surface area contributed by atoms with Crippen LogP contribution >= 0.6 is 15.9 Å². The van der Waals surface area contributed by atoms with Crippen LogP contribution in [0.2, 0.25) is 0 Å². The summed E-state index contributed by atoms with van der Waals surface area (Å²) in [5, 5.41) is 13.6. The first-order chi connectivity index (χ1) is 7.56. The van der Waals surface area contributed by atoms with Crippen molar-refractivity contribution >= 4 is 27.7 Å². The number of nitrogens with one attached hydrogen (secondary N) is 1. The maximum atomic E-state index is 11.7. The number of carbonyl (C=O) groups excluding carboxylic acids is 1. The van der Waals surface area contributed by atoms with Gasteiger partial charge >= 0.3 is 0 Å². The van der Waals surface area contributed by atoms with E-state index >= 15 is 0 Å². The molecule has 0 unspecified atom stereocenters. The van der Waals surface area contributed by atoms with Crippen molar-refractivity contribution in [1.82, 2.24) is 5.32 Å². The fourth-order valence-electron chi connectivity index (χ4n) is 1.12. The molecule has 0 atom stereocenters. The van der Waals surface area contributed by atoms with Crippen LogP contribution in [0.1, 0.15) is 15.9 Å². The van der Waals surface area contributed by atoms with Crippen LogP contribution in [0.15, 0.2) is 27.8 Å². The number of aryl methyl sites for hydroxylation is 1. The molecule has 0 aliphatic carbocycles. The molecule has 0 radical (unpaired) electrons. The van der Waals surface area contributed by atoms with Gasteiger partial charge < -0.3 is 16.3 Å². The van der Waals surface area contributed by atoms with Gasteiger partial charge in [0.05, 0.1) is 12.1 Å². The molecule has 0 spiro atoms. The zero-order valence-corrected chi connectivity index (χ0v) is 10.3. The predicted molar refractivity (Wildman–Crippen MR) is 64.6 cm³/mol. The number of rotatable bonds is 3. The average Bonchev–Trinajstić information content (AvgIpc) is 2.29. The Morgan fingerprint density at radius 1 is 1.62 bits per heavy atom. The van der Waals surface area contributed by atoms with Gasteiger partial charge in [-0.05, 0) is 34.5 Å². The quantitative estimate of drug-likeness (QED) is 0.338. The number of nitrogens with zero attached hydrogens (tertiary/aromatic N) is 1. The zero-order valence-electron chi connectivity index (χ0n) is 8.70. The van der Waals surface area contributed by atoms with Crippen LogP contribution in [-0.4, -0.2) is 23.5 Å². The van der Waals surface area contributed by atoms with E-state index in [-0.39, 0.29) is 18.3 Å². The summed E-state index contributed by atoms with van der Waals surface area (Å²) in [6.07, 6.45) is 0. The van der Waals surface area contributed by atoms with E-state index in [4.69, 9.17) is 10.9 Å².